The Hall–Kier alpha value is -3.87. The molecule has 2 aromatic carbocycles. The fraction of sp³-hybridized carbons (Fsp3) is 0.167. The molecule has 158 valence electrons. The van der Waals surface area contributed by atoms with Crippen LogP contribution in [0.15, 0.2) is 71.4 Å². The second-order valence-electron chi connectivity index (χ2n) is 7.31. The Morgan fingerprint density at radius 3 is 2.81 bits per heavy atom. The Bertz CT molecular complexity index is 1210. The topological polar surface area (TPSA) is 69.3 Å². The molecule has 0 aliphatic heterocycles. The van der Waals surface area contributed by atoms with Crippen molar-refractivity contribution >= 4 is 11.6 Å². The standard InChI is InChI=1S/C24H22FN3O3/c1-16-6-7-21(10-17(16)2)30-15-22-8-9-23(31-22)24(29)27-20-12-26-28(14-20)13-18-4-3-5-19(25)11-18/h3-12,14H,13,15H2,1-2H3,(H,27,29). The number of halogens is 1. The molecule has 1 N–H and O–H groups in total. The Morgan fingerprint density at radius 2 is 2.00 bits per heavy atom. The fourth-order valence-corrected chi connectivity index (χ4v) is 3.07. The zero-order chi connectivity index (χ0) is 21.8. The van der Waals surface area contributed by atoms with Gasteiger partial charge in [-0.05, 0) is 66.9 Å². The highest BCUT2D eigenvalue weighted by Gasteiger charge is 2.13. The first kappa shape index (κ1) is 20.4. The summed E-state index contributed by atoms with van der Waals surface area (Å²) in [6.45, 7) is 4.69. The normalized spacial score (nSPS) is 10.8. The van der Waals surface area contributed by atoms with E-state index in [0.717, 1.165) is 16.9 Å². The van der Waals surface area contributed by atoms with Crippen molar-refractivity contribution in [1.82, 2.24) is 9.78 Å². The van der Waals surface area contributed by atoms with Gasteiger partial charge in [-0.1, -0.05) is 18.2 Å². The maximum Gasteiger partial charge on any atom is 0.291 e. The summed E-state index contributed by atoms with van der Waals surface area (Å²) in [5.41, 5.74) is 3.64. The van der Waals surface area contributed by atoms with Gasteiger partial charge in [-0.25, -0.2) is 4.39 Å². The van der Waals surface area contributed by atoms with Crippen molar-refractivity contribution in [2.24, 2.45) is 0 Å². The lowest BCUT2D eigenvalue weighted by molar-refractivity contribution is 0.0992. The molecule has 4 aromatic rings. The minimum Gasteiger partial charge on any atom is -0.486 e. The molecule has 6 nitrogen and oxygen atoms in total. The van der Waals surface area contributed by atoms with Crippen LogP contribution in [0.3, 0.4) is 0 Å². The summed E-state index contributed by atoms with van der Waals surface area (Å²) in [7, 11) is 0. The monoisotopic (exact) mass is 419 g/mol. The number of amides is 1. The van der Waals surface area contributed by atoms with E-state index in [1.165, 1.54) is 23.9 Å². The van der Waals surface area contributed by atoms with Crippen LogP contribution in [-0.2, 0) is 13.2 Å². The van der Waals surface area contributed by atoms with Gasteiger partial charge in [0.05, 0.1) is 18.4 Å². The molecule has 4 rings (SSSR count). The first-order valence-electron chi connectivity index (χ1n) is 9.83. The molecule has 2 aromatic heterocycles. The van der Waals surface area contributed by atoms with Gasteiger partial charge in [-0.2, -0.15) is 5.10 Å². The molecule has 1 amide bonds. The van der Waals surface area contributed by atoms with Gasteiger partial charge >= 0.3 is 0 Å². The van der Waals surface area contributed by atoms with Gasteiger partial charge in [0.1, 0.15) is 23.9 Å². The third kappa shape index (κ3) is 5.19. The van der Waals surface area contributed by atoms with Crippen LogP contribution in [0.5, 0.6) is 5.75 Å². The lowest BCUT2D eigenvalue weighted by Gasteiger charge is -2.06. The number of carbonyl (C=O) groups excluding carboxylic acids is 1. The number of nitrogens with one attached hydrogen (secondary N) is 1. The Balaban J connectivity index is 1.33. The molecule has 0 radical (unpaired) electrons. The van der Waals surface area contributed by atoms with Gasteiger partial charge in [0.25, 0.3) is 5.91 Å². The number of rotatable bonds is 7. The minimum atomic E-state index is -0.386. The number of aryl methyl sites for hydroxylation is 2. The lowest BCUT2D eigenvalue weighted by atomic mass is 10.1. The number of hydrogen-bond acceptors (Lipinski definition) is 4. The number of aromatic nitrogens is 2. The highest BCUT2D eigenvalue weighted by Crippen LogP contribution is 2.19. The van der Waals surface area contributed by atoms with Crippen LogP contribution in [0.4, 0.5) is 10.1 Å². The lowest BCUT2D eigenvalue weighted by Crippen LogP contribution is -2.10. The van der Waals surface area contributed by atoms with E-state index in [-0.39, 0.29) is 24.1 Å². The molecule has 2 heterocycles. The summed E-state index contributed by atoms with van der Waals surface area (Å²) in [5.74, 6) is 0.786. The summed E-state index contributed by atoms with van der Waals surface area (Å²) >= 11 is 0. The zero-order valence-corrected chi connectivity index (χ0v) is 17.3. The molecular formula is C24H22FN3O3. The molecule has 0 bridgehead atoms. The minimum absolute atomic E-state index is 0.177. The van der Waals surface area contributed by atoms with Crippen molar-refractivity contribution in [1.29, 1.82) is 0 Å². The van der Waals surface area contributed by atoms with Gasteiger partial charge in [0.15, 0.2) is 5.76 Å². The highest BCUT2D eigenvalue weighted by molar-refractivity contribution is 6.02. The molecule has 7 heteroatoms. The average Bonchev–Trinajstić information content (AvgIpc) is 3.38. The SMILES string of the molecule is Cc1ccc(OCc2ccc(C(=O)Nc3cnn(Cc4cccc(F)c4)c3)o2)cc1C. The van der Waals surface area contributed by atoms with E-state index in [2.05, 4.69) is 10.4 Å². The Labute approximate surface area is 179 Å². The van der Waals surface area contributed by atoms with E-state index in [9.17, 15) is 9.18 Å². The molecule has 0 atom stereocenters. The van der Waals surface area contributed by atoms with Crippen molar-refractivity contribution in [2.75, 3.05) is 5.32 Å². The predicted octanol–water partition coefficient (Wildman–Crippen LogP) is 5.11. The first-order chi connectivity index (χ1) is 15.0. The molecule has 0 aliphatic carbocycles. The van der Waals surface area contributed by atoms with Gasteiger partial charge in [0.2, 0.25) is 0 Å². The maximum absolute atomic E-state index is 13.3. The van der Waals surface area contributed by atoms with E-state index >= 15 is 0 Å². The molecule has 0 fully saturated rings. The summed E-state index contributed by atoms with van der Waals surface area (Å²) in [6, 6.07) is 15.5. The van der Waals surface area contributed by atoms with Crippen LogP contribution >= 0.6 is 0 Å². The largest absolute Gasteiger partial charge is 0.486 e. The summed E-state index contributed by atoms with van der Waals surface area (Å²) in [6.07, 6.45) is 3.21. The van der Waals surface area contributed by atoms with Crippen molar-refractivity contribution < 1.29 is 18.3 Å². The van der Waals surface area contributed by atoms with E-state index in [0.29, 0.717) is 18.0 Å². The van der Waals surface area contributed by atoms with Crippen molar-refractivity contribution in [3.8, 4) is 5.75 Å². The van der Waals surface area contributed by atoms with Crippen molar-refractivity contribution in [3.63, 3.8) is 0 Å². The second-order valence-corrected chi connectivity index (χ2v) is 7.31. The summed E-state index contributed by atoms with van der Waals surface area (Å²) in [4.78, 5) is 12.5. The quantitative estimate of drug-likeness (QED) is 0.452. The van der Waals surface area contributed by atoms with Crippen LogP contribution in [0.1, 0.15) is 33.0 Å². The van der Waals surface area contributed by atoms with Crippen LogP contribution in [0, 0.1) is 19.7 Å². The Kier molecular flexibility index (Phi) is 5.84. The second kappa shape index (κ2) is 8.87. The molecule has 0 saturated heterocycles. The first-order valence-corrected chi connectivity index (χ1v) is 9.83. The number of hydrogen-bond donors (Lipinski definition) is 1. The average molecular weight is 419 g/mol. The van der Waals surface area contributed by atoms with Crippen LogP contribution in [0.25, 0.3) is 0 Å². The smallest absolute Gasteiger partial charge is 0.291 e. The van der Waals surface area contributed by atoms with E-state index in [1.54, 1.807) is 29.1 Å². The van der Waals surface area contributed by atoms with Gasteiger partial charge < -0.3 is 14.5 Å². The van der Waals surface area contributed by atoms with E-state index in [4.69, 9.17) is 9.15 Å². The van der Waals surface area contributed by atoms with Gasteiger partial charge in [-0.15, -0.1) is 0 Å². The van der Waals surface area contributed by atoms with Crippen LogP contribution < -0.4 is 10.1 Å². The molecule has 0 unspecified atom stereocenters. The van der Waals surface area contributed by atoms with E-state index in [1.807, 2.05) is 38.1 Å². The fourth-order valence-electron chi connectivity index (χ4n) is 3.07. The van der Waals surface area contributed by atoms with Crippen LogP contribution in [0.2, 0.25) is 0 Å². The molecular weight excluding hydrogens is 397 g/mol. The molecule has 0 saturated carbocycles. The van der Waals surface area contributed by atoms with Crippen LogP contribution in [-0.4, -0.2) is 15.7 Å². The summed E-state index contributed by atoms with van der Waals surface area (Å²) < 4.78 is 26.3. The number of benzene rings is 2. The number of ether oxygens (including phenoxy) is 1. The maximum atomic E-state index is 13.3. The number of furan rings is 1. The molecule has 0 aliphatic rings. The number of anilines is 1. The van der Waals surface area contributed by atoms with Crippen molar-refractivity contribution in [3.05, 3.63) is 101 Å². The zero-order valence-electron chi connectivity index (χ0n) is 17.3. The van der Waals surface area contributed by atoms with Gasteiger partial charge in [-0.3, -0.25) is 9.48 Å². The number of carbonyl (C=O) groups is 1. The van der Waals surface area contributed by atoms with Crippen molar-refractivity contribution in [2.45, 2.75) is 27.0 Å². The molecule has 0 spiro atoms. The Morgan fingerprint density at radius 1 is 1.13 bits per heavy atom. The third-order valence-electron chi connectivity index (χ3n) is 4.87. The highest BCUT2D eigenvalue weighted by atomic mass is 19.1. The van der Waals surface area contributed by atoms with E-state index < -0.39 is 0 Å². The predicted molar refractivity (Wildman–Crippen MR) is 115 cm³/mol. The third-order valence-corrected chi connectivity index (χ3v) is 4.87. The van der Waals surface area contributed by atoms with Gasteiger partial charge in [0, 0.05) is 6.20 Å². The summed E-state index contributed by atoms with van der Waals surface area (Å²) in [5, 5.41) is 6.94. The molecule has 31 heavy (non-hydrogen) atoms. The number of nitrogens with zero attached hydrogens (tertiary/aromatic N) is 2.